The third-order valence-electron chi connectivity index (χ3n) is 6.66. The molecule has 20 heteroatoms. The predicted octanol–water partition coefficient (Wildman–Crippen LogP) is -1.89. The van der Waals surface area contributed by atoms with Gasteiger partial charge >= 0.3 is 0 Å². The zero-order valence-electron chi connectivity index (χ0n) is 27.1. The van der Waals surface area contributed by atoms with E-state index in [-0.39, 0.29) is 0 Å². The lowest BCUT2D eigenvalue weighted by atomic mass is 8.40. The third-order valence-corrected chi connectivity index (χ3v) is 6.66. The molecule has 1 fully saturated rings. The minimum Gasteiger partial charge on any atom is -0.368 e. The summed E-state index contributed by atoms with van der Waals surface area (Å²) in [7, 11) is 58.4. The van der Waals surface area contributed by atoms with Crippen LogP contribution < -0.4 is 0 Å². The Labute approximate surface area is 305 Å². The molecule has 0 spiro atoms. The van der Waals surface area contributed by atoms with Crippen molar-refractivity contribution < 1.29 is 4.74 Å². The summed E-state index contributed by atoms with van der Waals surface area (Å²) in [6.45, 7) is 12.5. The summed E-state index contributed by atoms with van der Waals surface area (Å²) >= 11 is 0. The van der Waals surface area contributed by atoms with Gasteiger partial charge in [0.25, 0.3) is 0 Å². The van der Waals surface area contributed by atoms with Gasteiger partial charge in [0.15, 0.2) is 0 Å². The largest absolute Gasteiger partial charge is 0.368 e. The Morgan fingerprint density at radius 3 is 1.25 bits per heavy atom. The van der Waals surface area contributed by atoms with Gasteiger partial charge in [-0.25, -0.2) is 0 Å². The van der Waals surface area contributed by atoms with Crippen molar-refractivity contribution in [2.45, 2.75) is 25.6 Å². The van der Waals surface area contributed by atoms with E-state index in [2.05, 4.69) is 130 Å². The zero-order chi connectivity index (χ0) is 36.5. The highest BCUT2D eigenvalue weighted by atomic mass is 16.6. The molecular formula is C28H16B19O. The van der Waals surface area contributed by atoms with E-state index in [0.29, 0.717) is 18.1 Å². The molecule has 21 radical (unpaired) electrons. The molecule has 1 aliphatic carbocycles. The topological polar surface area (TPSA) is 12.5 Å². The van der Waals surface area contributed by atoms with Crippen LogP contribution in [-0.4, -0.2) is 148 Å². The first-order valence-electron chi connectivity index (χ1n) is 14.5. The summed E-state index contributed by atoms with van der Waals surface area (Å²) in [6.07, 6.45) is 0.651. The average Bonchev–Trinajstić information content (AvgIpc) is 3.81. The van der Waals surface area contributed by atoms with Gasteiger partial charge in [0.1, 0.15) is 0 Å². The molecule has 191 valence electrons. The van der Waals surface area contributed by atoms with E-state index < -0.39 is 51.1 Å². The number of epoxide rings is 1. The maximum atomic E-state index is 5.95. The zero-order valence-corrected chi connectivity index (χ0v) is 27.1. The Bertz CT molecular complexity index is 1660. The fraction of sp³-hybridized carbons (Fsp3) is 0.179. The number of rotatable bonds is 9. The second-order valence-electron chi connectivity index (χ2n) is 10.2. The normalized spacial score (nSPS) is 14.2. The van der Waals surface area contributed by atoms with E-state index in [0.717, 1.165) is 6.42 Å². The fourth-order valence-corrected chi connectivity index (χ4v) is 4.60. The highest BCUT2D eigenvalue weighted by molar-refractivity contribution is 8.18. The molecule has 1 aliphatic heterocycles. The van der Waals surface area contributed by atoms with Crippen molar-refractivity contribution in [3.63, 3.8) is 0 Å². The van der Waals surface area contributed by atoms with E-state index in [1.165, 1.54) is 12.6 Å². The quantitative estimate of drug-likeness (QED) is 0.136. The highest BCUT2D eigenvalue weighted by Gasteiger charge is 2.45. The van der Waals surface area contributed by atoms with Crippen LogP contribution in [0.15, 0.2) is 135 Å². The maximum absolute atomic E-state index is 5.95. The van der Waals surface area contributed by atoms with Crippen molar-refractivity contribution in [2.75, 3.05) is 0 Å². The Hall–Kier alpha value is -3.33. The van der Waals surface area contributed by atoms with Gasteiger partial charge in [0.05, 0.1) is 12.2 Å². The number of hydrogen-bond acceptors (Lipinski definition) is 1. The van der Waals surface area contributed by atoms with Crippen LogP contribution in [0.25, 0.3) is 0 Å². The summed E-state index contributed by atoms with van der Waals surface area (Å²) < 4.78 is 5.43. The highest BCUT2D eigenvalue weighted by Crippen LogP contribution is 2.39. The van der Waals surface area contributed by atoms with Gasteiger partial charge in [-0.15, -0.1) is 6.58 Å². The van der Waals surface area contributed by atoms with Crippen LogP contribution in [0.2, 0.25) is 0 Å². The molecule has 0 aromatic heterocycles. The SMILES string of the molecule is C=C=C=C=C=C=C=C=C=C=C=C=C=C=C=C=C=C=C.C=C[C@H]1C=C(C)C[C@H]2O[C@@H]12.[B][B]B([B])B(B(B([B])[B])B([B])[B])B(B([B])[B])B([B])[B]. The van der Waals surface area contributed by atoms with Crippen LogP contribution in [-0.2, 0) is 4.74 Å². The van der Waals surface area contributed by atoms with Crippen molar-refractivity contribution >= 4 is 136 Å². The lowest BCUT2D eigenvalue weighted by Crippen LogP contribution is -2.79. The Morgan fingerprint density at radius 2 is 0.979 bits per heavy atom. The van der Waals surface area contributed by atoms with Crippen LogP contribution in [0, 0.1) is 5.92 Å². The van der Waals surface area contributed by atoms with Crippen LogP contribution in [0.5, 0.6) is 0 Å². The first kappa shape index (κ1) is 44.7. The smallest absolute Gasteiger partial charge is 0.0942 e. The molecule has 2 aliphatic rings. The lowest BCUT2D eigenvalue weighted by molar-refractivity contribution is 0.360. The van der Waals surface area contributed by atoms with Crippen LogP contribution >= 0.6 is 0 Å². The van der Waals surface area contributed by atoms with E-state index in [4.69, 9.17) is 82.1 Å². The van der Waals surface area contributed by atoms with Crippen molar-refractivity contribution in [1.29, 1.82) is 0 Å². The summed E-state index contributed by atoms with van der Waals surface area (Å²) in [4.78, 5) is 0. The number of fused-ring (bicyclic) bond motifs is 1. The van der Waals surface area contributed by atoms with Gasteiger partial charge in [-0.3, -0.25) is 0 Å². The summed E-state index contributed by atoms with van der Waals surface area (Å²) in [5, 5.41) is 0. The van der Waals surface area contributed by atoms with Crippen molar-refractivity contribution in [3.8, 4) is 0 Å². The number of ether oxygens (including phenoxy) is 1. The van der Waals surface area contributed by atoms with E-state index >= 15 is 0 Å². The van der Waals surface area contributed by atoms with Crippen molar-refractivity contribution in [2.24, 2.45) is 5.92 Å². The fourth-order valence-electron chi connectivity index (χ4n) is 4.60. The lowest BCUT2D eigenvalue weighted by Gasteiger charge is -2.41. The standard InChI is InChI=1S/C19H4.C9H12O.B19/c1-3-5-7-9-11-13-15-17-19-18-16-14-12-10-8-6-4-2;1-3-7-4-6(2)5-8-9(7)10-8;1-11-16(10)19(17(12(2)3)13(4)5)18(14(6)7)15(8)9/h1-2H2;3-4,7-9H,1,5H2,2H3;/t;7-,8+,9-;/m.0./s1. The van der Waals surface area contributed by atoms with Gasteiger partial charge in [-0.05, 0) is 112 Å². The average molecular weight is 574 g/mol. The first-order valence-corrected chi connectivity index (χ1v) is 14.5. The molecule has 0 saturated carbocycles. The van der Waals surface area contributed by atoms with Gasteiger partial charge < -0.3 is 4.74 Å². The molecular weight excluding hydrogens is 558 g/mol. The van der Waals surface area contributed by atoms with Crippen LogP contribution in [0.1, 0.15) is 13.3 Å². The van der Waals surface area contributed by atoms with Gasteiger partial charge in [-0.2, -0.15) is 0 Å². The molecule has 2 rings (SSSR count). The van der Waals surface area contributed by atoms with Gasteiger partial charge in [0.2, 0.25) is 0 Å². The van der Waals surface area contributed by atoms with Crippen molar-refractivity contribution in [3.05, 3.63) is 135 Å². The maximum Gasteiger partial charge on any atom is 0.0942 e. The Kier molecular flexibility index (Phi) is 24.8. The van der Waals surface area contributed by atoms with Crippen LogP contribution in [0.3, 0.4) is 0 Å². The summed E-state index contributed by atoms with van der Waals surface area (Å²) in [5.41, 5.74) is 43.4. The third kappa shape index (κ3) is 18.9. The molecule has 1 heterocycles. The minimum absolute atomic E-state index is 0.473. The Balaban J connectivity index is 0.000000720. The second-order valence-corrected chi connectivity index (χ2v) is 10.2. The van der Waals surface area contributed by atoms with Crippen LogP contribution in [0.4, 0.5) is 0 Å². The molecule has 3 atom stereocenters. The molecule has 0 amide bonds. The van der Waals surface area contributed by atoms with Gasteiger partial charge in [-0.1, -0.05) is 29.2 Å². The predicted molar refractivity (Wildman–Crippen MR) is 221 cm³/mol. The monoisotopic (exact) mass is 577 g/mol. The molecule has 0 bridgehead atoms. The summed E-state index contributed by atoms with van der Waals surface area (Å²) in [5.74, 6) is 0.485. The van der Waals surface area contributed by atoms with Crippen molar-refractivity contribution in [1.82, 2.24) is 0 Å². The van der Waals surface area contributed by atoms with E-state index in [9.17, 15) is 0 Å². The molecule has 0 unspecified atom stereocenters. The van der Waals surface area contributed by atoms with E-state index in [1.54, 1.807) is 0 Å². The molecule has 0 N–H and O–H groups in total. The molecule has 48 heavy (non-hydrogen) atoms. The summed E-state index contributed by atoms with van der Waals surface area (Å²) in [6, 6.07) is 0. The molecule has 1 nitrogen and oxygen atoms in total. The molecule has 1 saturated heterocycles. The minimum atomic E-state index is -0.837. The van der Waals surface area contributed by atoms with Gasteiger partial charge in [0, 0.05) is 141 Å². The molecule has 0 aromatic carbocycles. The molecule has 0 aromatic rings. The second kappa shape index (κ2) is 26.6. The number of hydrogen-bond donors (Lipinski definition) is 0. The first-order chi connectivity index (χ1) is 22.9. The Morgan fingerprint density at radius 1 is 0.646 bits per heavy atom. The van der Waals surface area contributed by atoms with E-state index in [1.807, 2.05) is 6.08 Å².